The van der Waals surface area contributed by atoms with Gasteiger partial charge in [-0.3, -0.25) is 0 Å². The van der Waals surface area contributed by atoms with Crippen LogP contribution in [0, 0.1) is 0 Å². The SMILES string of the molecule is O=C(O)c1nc(N2CCOCC2)no1. The lowest BCUT2D eigenvalue weighted by atomic mass is 10.4. The highest BCUT2D eigenvalue weighted by Crippen LogP contribution is 2.10. The van der Waals surface area contributed by atoms with Gasteiger partial charge < -0.3 is 19.3 Å². The average molecular weight is 199 g/mol. The van der Waals surface area contributed by atoms with Crippen LogP contribution in [-0.2, 0) is 4.74 Å². The Morgan fingerprint density at radius 3 is 2.71 bits per heavy atom. The van der Waals surface area contributed by atoms with Gasteiger partial charge in [-0.15, -0.1) is 0 Å². The highest BCUT2D eigenvalue weighted by Gasteiger charge is 2.19. The number of aromatic nitrogens is 2. The van der Waals surface area contributed by atoms with Crippen molar-refractivity contribution in [3.63, 3.8) is 0 Å². The Labute approximate surface area is 79.3 Å². The minimum Gasteiger partial charge on any atom is -0.474 e. The topological polar surface area (TPSA) is 88.7 Å². The van der Waals surface area contributed by atoms with Gasteiger partial charge in [0.2, 0.25) is 0 Å². The molecule has 2 heterocycles. The van der Waals surface area contributed by atoms with E-state index in [1.54, 1.807) is 0 Å². The van der Waals surface area contributed by atoms with E-state index >= 15 is 0 Å². The van der Waals surface area contributed by atoms with Gasteiger partial charge in [0.15, 0.2) is 0 Å². The summed E-state index contributed by atoms with van der Waals surface area (Å²) in [5, 5.41) is 12.1. The number of aromatic carboxylic acids is 1. The van der Waals surface area contributed by atoms with Gasteiger partial charge in [0.1, 0.15) is 0 Å². The number of ether oxygens (including phenoxy) is 1. The molecule has 76 valence electrons. The number of carboxylic acid groups (broad SMARTS) is 1. The number of nitrogens with zero attached hydrogens (tertiary/aromatic N) is 3. The zero-order valence-electron chi connectivity index (χ0n) is 7.34. The van der Waals surface area contributed by atoms with E-state index in [0.717, 1.165) is 0 Å². The summed E-state index contributed by atoms with van der Waals surface area (Å²) >= 11 is 0. The second-order valence-corrected chi connectivity index (χ2v) is 2.80. The number of carbonyl (C=O) groups is 1. The minimum atomic E-state index is -1.21. The van der Waals surface area contributed by atoms with Crippen molar-refractivity contribution in [3.05, 3.63) is 5.89 Å². The van der Waals surface area contributed by atoms with Gasteiger partial charge in [0.25, 0.3) is 5.95 Å². The molecule has 7 nitrogen and oxygen atoms in total. The van der Waals surface area contributed by atoms with Crippen LogP contribution >= 0.6 is 0 Å². The van der Waals surface area contributed by atoms with Gasteiger partial charge in [-0.1, -0.05) is 0 Å². The molecule has 1 aliphatic rings. The summed E-state index contributed by atoms with van der Waals surface area (Å²) in [6, 6.07) is 0. The van der Waals surface area contributed by atoms with Crippen molar-refractivity contribution in [2.45, 2.75) is 0 Å². The Morgan fingerprint density at radius 2 is 2.14 bits per heavy atom. The van der Waals surface area contributed by atoms with Gasteiger partial charge >= 0.3 is 11.9 Å². The van der Waals surface area contributed by atoms with E-state index in [1.165, 1.54) is 0 Å². The van der Waals surface area contributed by atoms with Gasteiger partial charge in [-0.2, -0.15) is 4.98 Å². The first-order valence-corrected chi connectivity index (χ1v) is 4.17. The molecule has 0 radical (unpaired) electrons. The van der Waals surface area contributed by atoms with Crippen LogP contribution < -0.4 is 4.90 Å². The molecule has 0 unspecified atom stereocenters. The van der Waals surface area contributed by atoms with Crippen LogP contribution in [0.4, 0.5) is 5.95 Å². The van der Waals surface area contributed by atoms with Crippen molar-refractivity contribution in [2.75, 3.05) is 31.2 Å². The van der Waals surface area contributed by atoms with Crippen LogP contribution in [0.5, 0.6) is 0 Å². The van der Waals surface area contributed by atoms with E-state index < -0.39 is 5.97 Å². The third-order valence-corrected chi connectivity index (χ3v) is 1.89. The fraction of sp³-hybridized carbons (Fsp3) is 0.571. The molecule has 0 aromatic carbocycles. The fourth-order valence-corrected chi connectivity index (χ4v) is 1.19. The normalized spacial score (nSPS) is 17.0. The molecule has 1 saturated heterocycles. The number of hydrogen-bond donors (Lipinski definition) is 1. The van der Waals surface area contributed by atoms with Crippen molar-refractivity contribution < 1.29 is 19.2 Å². The number of morpholine rings is 1. The van der Waals surface area contributed by atoms with E-state index in [0.29, 0.717) is 32.3 Å². The van der Waals surface area contributed by atoms with Crippen molar-refractivity contribution in [2.24, 2.45) is 0 Å². The standard InChI is InChI=1S/C7H9N3O4/c11-6(12)5-8-7(9-14-5)10-1-3-13-4-2-10/h1-4H2,(H,11,12). The molecule has 1 aromatic rings. The molecular weight excluding hydrogens is 190 g/mol. The molecule has 0 bridgehead atoms. The van der Waals surface area contributed by atoms with Crippen LogP contribution in [-0.4, -0.2) is 47.5 Å². The molecule has 1 N–H and O–H groups in total. The highest BCUT2D eigenvalue weighted by atomic mass is 16.5. The summed E-state index contributed by atoms with van der Waals surface area (Å²) in [7, 11) is 0. The molecule has 0 aliphatic carbocycles. The van der Waals surface area contributed by atoms with Crippen LogP contribution in [0.15, 0.2) is 4.52 Å². The lowest BCUT2D eigenvalue weighted by molar-refractivity contribution is 0.0643. The number of hydrogen-bond acceptors (Lipinski definition) is 6. The number of anilines is 1. The second-order valence-electron chi connectivity index (χ2n) is 2.80. The van der Waals surface area contributed by atoms with Gasteiger partial charge in [-0.05, 0) is 5.16 Å². The fourth-order valence-electron chi connectivity index (χ4n) is 1.19. The third kappa shape index (κ3) is 1.67. The lowest BCUT2D eigenvalue weighted by Crippen LogP contribution is -2.36. The average Bonchev–Trinajstić information content (AvgIpc) is 2.68. The maximum atomic E-state index is 10.5. The Bertz CT molecular complexity index is 331. The Hall–Kier alpha value is -1.63. The molecule has 0 spiro atoms. The summed E-state index contributed by atoms with van der Waals surface area (Å²) in [6.07, 6.45) is 0. The van der Waals surface area contributed by atoms with Crippen LogP contribution in [0.1, 0.15) is 10.7 Å². The quantitative estimate of drug-likeness (QED) is 0.693. The van der Waals surface area contributed by atoms with Crippen molar-refractivity contribution in [1.82, 2.24) is 10.1 Å². The Morgan fingerprint density at radius 1 is 1.43 bits per heavy atom. The predicted octanol–water partition coefficient (Wildman–Crippen LogP) is -0.396. The highest BCUT2D eigenvalue weighted by molar-refractivity contribution is 5.82. The Kier molecular flexibility index (Phi) is 2.32. The zero-order valence-corrected chi connectivity index (χ0v) is 7.34. The summed E-state index contributed by atoms with van der Waals surface area (Å²) in [6.45, 7) is 2.49. The molecule has 14 heavy (non-hydrogen) atoms. The largest absolute Gasteiger partial charge is 0.474 e. The van der Waals surface area contributed by atoms with E-state index in [4.69, 9.17) is 9.84 Å². The second kappa shape index (κ2) is 3.62. The molecule has 0 saturated carbocycles. The first-order chi connectivity index (χ1) is 6.77. The van der Waals surface area contributed by atoms with Crippen molar-refractivity contribution >= 4 is 11.9 Å². The summed E-state index contributed by atoms with van der Waals surface area (Å²) < 4.78 is 9.67. The lowest BCUT2D eigenvalue weighted by Gasteiger charge is -2.24. The summed E-state index contributed by atoms with van der Waals surface area (Å²) in [4.78, 5) is 16.0. The van der Waals surface area contributed by atoms with Crippen LogP contribution in [0.3, 0.4) is 0 Å². The molecule has 0 atom stereocenters. The van der Waals surface area contributed by atoms with Crippen molar-refractivity contribution in [3.8, 4) is 0 Å². The van der Waals surface area contributed by atoms with Gasteiger partial charge in [0.05, 0.1) is 13.2 Å². The van der Waals surface area contributed by atoms with Crippen LogP contribution in [0.2, 0.25) is 0 Å². The van der Waals surface area contributed by atoms with E-state index in [9.17, 15) is 4.79 Å². The number of carboxylic acids is 1. The van der Waals surface area contributed by atoms with Gasteiger partial charge in [-0.25, -0.2) is 4.79 Å². The monoisotopic (exact) mass is 199 g/mol. The maximum Gasteiger partial charge on any atom is 0.394 e. The molecule has 7 heteroatoms. The molecule has 2 rings (SSSR count). The van der Waals surface area contributed by atoms with Crippen LogP contribution in [0.25, 0.3) is 0 Å². The van der Waals surface area contributed by atoms with E-state index in [2.05, 4.69) is 14.7 Å². The maximum absolute atomic E-state index is 10.5. The first kappa shape index (κ1) is 8.95. The van der Waals surface area contributed by atoms with Gasteiger partial charge in [0, 0.05) is 13.1 Å². The third-order valence-electron chi connectivity index (χ3n) is 1.89. The van der Waals surface area contributed by atoms with Crippen molar-refractivity contribution in [1.29, 1.82) is 0 Å². The Balaban J connectivity index is 2.11. The first-order valence-electron chi connectivity index (χ1n) is 4.17. The minimum absolute atomic E-state index is 0.311. The van der Waals surface area contributed by atoms with E-state index in [1.807, 2.05) is 4.90 Å². The smallest absolute Gasteiger partial charge is 0.394 e. The molecular formula is C7H9N3O4. The number of rotatable bonds is 2. The molecule has 0 amide bonds. The summed E-state index contributed by atoms with van der Waals surface area (Å²) in [5.41, 5.74) is 0. The van der Waals surface area contributed by atoms with E-state index in [-0.39, 0.29) is 5.89 Å². The molecule has 1 aliphatic heterocycles. The molecule has 1 fully saturated rings. The zero-order chi connectivity index (χ0) is 9.97. The predicted molar refractivity (Wildman–Crippen MR) is 44.3 cm³/mol. The molecule has 1 aromatic heterocycles. The summed E-state index contributed by atoms with van der Waals surface area (Å²) in [5.74, 6) is -1.28.